The maximum Gasteiger partial charge on any atom is 0.365 e. The van der Waals surface area contributed by atoms with Gasteiger partial charge in [0.25, 0.3) is 0 Å². The Bertz CT molecular complexity index is 757. The Morgan fingerprint density at radius 3 is 2.30 bits per heavy atom. The van der Waals surface area contributed by atoms with E-state index in [1.165, 1.54) is 0 Å². The molecule has 3 nitrogen and oxygen atoms in total. The molecule has 4 heteroatoms. The van der Waals surface area contributed by atoms with Gasteiger partial charge in [-0.3, -0.25) is 0 Å². The van der Waals surface area contributed by atoms with E-state index in [4.69, 9.17) is 4.52 Å². The third kappa shape index (κ3) is 2.30. The monoisotopic (exact) mass is 283 g/mol. The number of aromatic nitrogens is 1. The van der Waals surface area contributed by atoms with Crippen LogP contribution in [0.25, 0.3) is 22.4 Å². The van der Waals surface area contributed by atoms with Crippen molar-refractivity contribution < 1.29 is 4.52 Å². The van der Waals surface area contributed by atoms with Gasteiger partial charge in [-0.2, -0.15) is 0 Å². The molecule has 0 spiro atoms. The zero-order chi connectivity index (χ0) is 13.9. The van der Waals surface area contributed by atoms with Crippen molar-refractivity contribution in [2.45, 2.75) is 4.90 Å². The molecule has 100 valence electrons. The molecule has 1 N–H and O–H groups in total. The zero-order valence-corrected chi connectivity index (χ0v) is 11.7. The van der Waals surface area contributed by atoms with E-state index in [-0.39, 0.29) is 5.63 Å². The average Bonchev–Trinajstić information content (AvgIpc) is 2.90. The lowest BCUT2D eigenvalue weighted by Crippen LogP contribution is -1.97. The van der Waals surface area contributed by atoms with E-state index in [2.05, 4.69) is 5.16 Å². The molecule has 3 aromatic rings. The van der Waals surface area contributed by atoms with Gasteiger partial charge in [0.15, 0.2) is 0 Å². The van der Waals surface area contributed by atoms with Crippen molar-refractivity contribution in [3.8, 4) is 22.4 Å². The summed E-state index contributed by atoms with van der Waals surface area (Å²) >= 11 is 1.67. The van der Waals surface area contributed by atoms with E-state index < -0.39 is 0 Å². The van der Waals surface area contributed by atoms with Crippen molar-refractivity contribution in [3.05, 3.63) is 65.0 Å². The minimum Gasteiger partial charge on any atom is -0.338 e. The first-order valence-electron chi connectivity index (χ1n) is 6.21. The lowest BCUT2D eigenvalue weighted by molar-refractivity contribution is 0.394. The predicted molar refractivity (Wildman–Crippen MR) is 82.0 cm³/mol. The maximum atomic E-state index is 12.0. The predicted octanol–water partition coefficient (Wildman–Crippen LogP) is 4.02. The van der Waals surface area contributed by atoms with Crippen LogP contribution in [-0.4, -0.2) is 11.4 Å². The highest BCUT2D eigenvalue weighted by Gasteiger charge is 2.15. The van der Waals surface area contributed by atoms with Crippen LogP contribution < -0.4 is 5.63 Å². The molecule has 0 bridgehead atoms. The molecule has 0 radical (unpaired) electrons. The Morgan fingerprint density at radius 2 is 1.65 bits per heavy atom. The number of rotatable bonds is 3. The molecule has 1 heterocycles. The minimum absolute atomic E-state index is 0.347. The van der Waals surface area contributed by atoms with Crippen LogP contribution in [0.1, 0.15) is 0 Å². The summed E-state index contributed by atoms with van der Waals surface area (Å²) in [5.74, 6) is 0. The van der Waals surface area contributed by atoms with Crippen LogP contribution in [-0.2, 0) is 0 Å². The Labute approximate surface area is 120 Å². The number of benzene rings is 2. The van der Waals surface area contributed by atoms with Gasteiger partial charge in [0.1, 0.15) is 0 Å². The van der Waals surface area contributed by atoms with Gasteiger partial charge in [-0.05, 0) is 24.0 Å². The number of hydrogen-bond acceptors (Lipinski definition) is 3. The van der Waals surface area contributed by atoms with Crippen LogP contribution in [0.2, 0.25) is 0 Å². The van der Waals surface area contributed by atoms with Gasteiger partial charge in [0.2, 0.25) is 0 Å². The van der Waals surface area contributed by atoms with Gasteiger partial charge in [0.05, 0.1) is 11.3 Å². The topological polar surface area (TPSA) is 46.0 Å². The lowest BCUT2D eigenvalue weighted by Gasteiger charge is -2.02. The molecule has 2 aromatic carbocycles. The molecule has 0 aliphatic rings. The van der Waals surface area contributed by atoms with Crippen molar-refractivity contribution in [1.29, 1.82) is 0 Å². The highest BCUT2D eigenvalue weighted by atomic mass is 32.2. The van der Waals surface area contributed by atoms with Crippen LogP contribution >= 0.6 is 11.8 Å². The van der Waals surface area contributed by atoms with Crippen molar-refractivity contribution >= 4 is 11.8 Å². The molecular formula is C16H13NO2S. The second-order valence-corrected chi connectivity index (χ2v) is 5.22. The minimum atomic E-state index is -0.347. The van der Waals surface area contributed by atoms with Gasteiger partial charge in [0, 0.05) is 10.5 Å². The molecule has 1 aromatic heterocycles. The van der Waals surface area contributed by atoms with Crippen molar-refractivity contribution in [2.24, 2.45) is 0 Å². The summed E-state index contributed by atoms with van der Waals surface area (Å²) in [5.41, 5.74) is 2.73. The van der Waals surface area contributed by atoms with E-state index in [1.807, 2.05) is 60.9 Å². The number of nitrogens with one attached hydrogen (secondary N) is 1. The fourth-order valence-corrected chi connectivity index (χ4v) is 2.54. The summed E-state index contributed by atoms with van der Waals surface area (Å²) in [5, 5.41) is 2.72. The molecule has 0 amide bonds. The highest BCUT2D eigenvalue weighted by Crippen LogP contribution is 2.29. The summed E-state index contributed by atoms with van der Waals surface area (Å²) in [4.78, 5) is 13.1. The van der Waals surface area contributed by atoms with Gasteiger partial charge < -0.3 is 4.52 Å². The molecule has 0 saturated heterocycles. The second kappa shape index (κ2) is 5.43. The molecule has 3 rings (SSSR count). The SMILES string of the molecule is CSc1ccc(-c2c(-c3ccccc3)[nH]oc2=O)cc1. The quantitative estimate of drug-likeness (QED) is 0.738. The molecule has 0 aliphatic carbocycles. The van der Waals surface area contributed by atoms with Crippen LogP contribution in [0.4, 0.5) is 0 Å². The zero-order valence-electron chi connectivity index (χ0n) is 10.9. The Morgan fingerprint density at radius 1 is 0.950 bits per heavy atom. The van der Waals surface area contributed by atoms with Crippen molar-refractivity contribution in [3.63, 3.8) is 0 Å². The smallest absolute Gasteiger partial charge is 0.338 e. The van der Waals surface area contributed by atoms with Gasteiger partial charge >= 0.3 is 5.63 Å². The van der Waals surface area contributed by atoms with Crippen LogP contribution in [0.3, 0.4) is 0 Å². The first kappa shape index (κ1) is 12.8. The van der Waals surface area contributed by atoms with E-state index in [1.54, 1.807) is 11.8 Å². The Kier molecular flexibility index (Phi) is 3.48. The molecule has 0 saturated carbocycles. The van der Waals surface area contributed by atoms with E-state index in [0.29, 0.717) is 11.3 Å². The van der Waals surface area contributed by atoms with E-state index in [9.17, 15) is 4.79 Å². The maximum absolute atomic E-state index is 12.0. The number of aromatic amines is 1. The fourth-order valence-electron chi connectivity index (χ4n) is 2.13. The summed E-state index contributed by atoms with van der Waals surface area (Å²) in [6.07, 6.45) is 2.02. The van der Waals surface area contributed by atoms with Crippen LogP contribution in [0, 0.1) is 0 Å². The number of thioether (sulfide) groups is 1. The molecule has 20 heavy (non-hydrogen) atoms. The van der Waals surface area contributed by atoms with Gasteiger partial charge in [-0.15, -0.1) is 11.8 Å². The molecular weight excluding hydrogens is 270 g/mol. The normalized spacial score (nSPS) is 10.7. The molecule has 0 unspecified atom stereocenters. The second-order valence-electron chi connectivity index (χ2n) is 4.34. The molecule has 0 fully saturated rings. The standard InChI is InChI=1S/C16H13NO2S/c1-20-13-9-7-11(8-10-13)14-15(17-19-16(14)18)12-5-3-2-4-6-12/h2-10,17H,1H3. The summed E-state index contributed by atoms with van der Waals surface area (Å²) in [6, 6.07) is 17.6. The van der Waals surface area contributed by atoms with Gasteiger partial charge in [-0.1, -0.05) is 42.5 Å². The summed E-state index contributed by atoms with van der Waals surface area (Å²) in [6.45, 7) is 0. The largest absolute Gasteiger partial charge is 0.365 e. The first-order chi connectivity index (χ1) is 9.79. The van der Waals surface area contributed by atoms with Crippen LogP contribution in [0.15, 0.2) is 68.8 Å². The highest BCUT2D eigenvalue weighted by molar-refractivity contribution is 7.98. The molecule has 0 aliphatic heterocycles. The molecule has 0 atom stereocenters. The lowest BCUT2D eigenvalue weighted by atomic mass is 10.0. The van der Waals surface area contributed by atoms with E-state index in [0.717, 1.165) is 16.0 Å². The Hall–Kier alpha value is -2.20. The van der Waals surface area contributed by atoms with Gasteiger partial charge in [-0.25, -0.2) is 9.95 Å². The first-order valence-corrected chi connectivity index (χ1v) is 7.43. The summed E-state index contributed by atoms with van der Waals surface area (Å²) < 4.78 is 4.98. The number of H-pyrrole nitrogens is 1. The fraction of sp³-hybridized carbons (Fsp3) is 0.0625. The van der Waals surface area contributed by atoms with Crippen molar-refractivity contribution in [2.75, 3.05) is 6.26 Å². The number of hydrogen-bond donors (Lipinski definition) is 1. The average molecular weight is 283 g/mol. The van der Waals surface area contributed by atoms with E-state index >= 15 is 0 Å². The third-order valence-electron chi connectivity index (χ3n) is 3.14. The van der Waals surface area contributed by atoms with Crippen molar-refractivity contribution in [1.82, 2.24) is 5.16 Å². The summed E-state index contributed by atoms with van der Waals surface area (Å²) in [7, 11) is 0. The third-order valence-corrected chi connectivity index (χ3v) is 3.88. The van der Waals surface area contributed by atoms with Crippen LogP contribution in [0.5, 0.6) is 0 Å². The Balaban J connectivity index is 2.14.